The number of fused-ring (bicyclic) bond motifs is 2. The van der Waals surface area contributed by atoms with Crippen LogP contribution in [0.2, 0.25) is 0 Å². The average Bonchev–Trinajstić information content (AvgIpc) is 3.88. The van der Waals surface area contributed by atoms with E-state index in [9.17, 15) is 32.7 Å². The predicted molar refractivity (Wildman–Crippen MR) is 165 cm³/mol. The minimum atomic E-state index is -3.85. The number of amides is 4. The number of hydrogen-bond acceptors (Lipinski definition) is 8. The molecule has 0 bridgehead atoms. The molecule has 45 heavy (non-hydrogen) atoms. The molecule has 1 aromatic rings. The van der Waals surface area contributed by atoms with Gasteiger partial charge in [-0.15, -0.1) is 0 Å². The Labute approximate surface area is 265 Å². The molecule has 5 atom stereocenters. The molecule has 4 fully saturated rings. The van der Waals surface area contributed by atoms with Gasteiger partial charge in [-0.05, 0) is 64.4 Å². The second-order valence-corrected chi connectivity index (χ2v) is 16.1. The van der Waals surface area contributed by atoms with Crippen molar-refractivity contribution >= 4 is 33.8 Å². The highest BCUT2D eigenvalue weighted by Gasteiger charge is 2.63. The first-order valence-corrected chi connectivity index (χ1v) is 17.6. The zero-order valence-electron chi connectivity index (χ0n) is 26.3. The maximum absolute atomic E-state index is 14.2. The summed E-state index contributed by atoms with van der Waals surface area (Å²) < 4.78 is 33.0. The molecule has 4 N–H and O–H groups in total. The third kappa shape index (κ3) is 7.62. The number of nitrogens with one attached hydrogen (secondary N) is 3. The van der Waals surface area contributed by atoms with Gasteiger partial charge in [0.1, 0.15) is 28.8 Å². The first kappa shape index (κ1) is 33.2. The number of alkyl carbamates (subject to hydrolysis) is 1. The van der Waals surface area contributed by atoms with Crippen LogP contribution < -0.4 is 15.4 Å². The van der Waals surface area contributed by atoms with Gasteiger partial charge in [-0.3, -0.25) is 19.1 Å². The number of benzene rings is 1. The van der Waals surface area contributed by atoms with E-state index in [1.807, 2.05) is 0 Å². The number of carbonyl (C=O) groups excluding carboxylic acids is 4. The lowest BCUT2D eigenvalue weighted by Gasteiger charge is -2.30. The summed E-state index contributed by atoms with van der Waals surface area (Å²) >= 11 is 0. The van der Waals surface area contributed by atoms with Crippen molar-refractivity contribution in [3.63, 3.8) is 0 Å². The normalized spacial score (nSPS) is 31.4. The van der Waals surface area contributed by atoms with Crippen LogP contribution in [-0.4, -0.2) is 77.3 Å². The molecule has 248 valence electrons. The van der Waals surface area contributed by atoms with Gasteiger partial charge >= 0.3 is 6.09 Å². The highest BCUT2D eigenvalue weighted by molar-refractivity contribution is 7.91. The van der Waals surface area contributed by atoms with Crippen LogP contribution in [-0.2, 0) is 34.7 Å². The zero-order chi connectivity index (χ0) is 32.6. The van der Waals surface area contributed by atoms with Crippen LogP contribution in [0.5, 0.6) is 0 Å². The van der Waals surface area contributed by atoms with Crippen LogP contribution in [0.15, 0.2) is 30.3 Å². The summed E-state index contributed by atoms with van der Waals surface area (Å²) in [5.74, 6) is -2.19. The maximum atomic E-state index is 14.2. The molecule has 12 nitrogen and oxygen atoms in total. The van der Waals surface area contributed by atoms with E-state index in [-0.39, 0.29) is 25.3 Å². The molecule has 4 aliphatic rings. The third-order valence-corrected chi connectivity index (χ3v) is 11.1. The Bertz CT molecular complexity index is 1410. The minimum Gasteiger partial charge on any atom is -0.444 e. The molecule has 4 amide bonds. The van der Waals surface area contributed by atoms with Gasteiger partial charge in [-0.2, -0.15) is 0 Å². The molecule has 0 unspecified atom stereocenters. The van der Waals surface area contributed by atoms with Gasteiger partial charge < -0.3 is 25.4 Å². The fourth-order valence-electron chi connectivity index (χ4n) is 6.64. The van der Waals surface area contributed by atoms with E-state index in [0.717, 1.165) is 25.7 Å². The highest BCUT2D eigenvalue weighted by atomic mass is 32.2. The molecule has 2 heterocycles. The van der Waals surface area contributed by atoms with Crippen LogP contribution >= 0.6 is 0 Å². The van der Waals surface area contributed by atoms with Crippen LogP contribution in [0.1, 0.15) is 97.0 Å². The van der Waals surface area contributed by atoms with Crippen molar-refractivity contribution in [1.29, 1.82) is 0 Å². The smallest absolute Gasteiger partial charge is 0.408 e. The Morgan fingerprint density at radius 2 is 1.62 bits per heavy atom. The number of rotatable bonds is 5. The molecular formula is C32H46N4O8S. The second-order valence-electron chi connectivity index (χ2n) is 14.2. The molecule has 2 saturated heterocycles. The van der Waals surface area contributed by atoms with E-state index in [0.29, 0.717) is 37.7 Å². The summed E-state index contributed by atoms with van der Waals surface area (Å²) in [5, 5.41) is 16.8. The number of sulfonamides is 1. The Morgan fingerprint density at radius 1 is 0.978 bits per heavy atom. The number of nitrogens with zero attached hydrogens (tertiary/aromatic N) is 1. The summed E-state index contributed by atoms with van der Waals surface area (Å²) in [6.45, 7) is 4.95. The Balaban J connectivity index is 1.46. The van der Waals surface area contributed by atoms with Gasteiger partial charge in [-0.25, -0.2) is 13.2 Å². The first-order valence-electron chi connectivity index (χ1n) is 16.1. The minimum absolute atomic E-state index is 0.142. The molecule has 0 radical (unpaired) electrons. The van der Waals surface area contributed by atoms with Crippen molar-refractivity contribution in [1.82, 2.24) is 20.3 Å². The predicted octanol–water partition coefficient (Wildman–Crippen LogP) is 2.60. The van der Waals surface area contributed by atoms with Crippen molar-refractivity contribution in [3.8, 4) is 0 Å². The van der Waals surface area contributed by atoms with E-state index in [1.54, 1.807) is 51.1 Å². The fraction of sp³-hybridized carbons (Fsp3) is 0.688. The molecule has 2 aliphatic heterocycles. The van der Waals surface area contributed by atoms with Crippen molar-refractivity contribution in [3.05, 3.63) is 35.9 Å². The lowest BCUT2D eigenvalue weighted by atomic mass is 9.91. The lowest BCUT2D eigenvalue weighted by molar-refractivity contribution is -0.141. The Morgan fingerprint density at radius 3 is 2.27 bits per heavy atom. The molecule has 0 spiro atoms. The summed E-state index contributed by atoms with van der Waals surface area (Å²) in [6, 6.07) is 6.57. The number of carbonyl (C=O) groups is 4. The van der Waals surface area contributed by atoms with Crippen LogP contribution in [0, 0.1) is 5.92 Å². The van der Waals surface area contributed by atoms with Crippen molar-refractivity contribution in [2.75, 3.05) is 6.54 Å². The monoisotopic (exact) mass is 646 g/mol. The van der Waals surface area contributed by atoms with E-state index >= 15 is 0 Å². The maximum Gasteiger partial charge on any atom is 0.408 e. The summed E-state index contributed by atoms with van der Waals surface area (Å²) in [5.41, 5.74) is -3.26. The topological polar surface area (TPSA) is 171 Å². The van der Waals surface area contributed by atoms with Crippen molar-refractivity contribution < 1.29 is 37.4 Å². The first-order chi connectivity index (χ1) is 21.1. The fourth-order valence-corrected chi connectivity index (χ4v) is 8.00. The van der Waals surface area contributed by atoms with Gasteiger partial charge in [0.15, 0.2) is 0 Å². The highest BCUT2D eigenvalue weighted by Crippen LogP contribution is 2.48. The molecule has 2 aliphatic carbocycles. The number of aliphatic hydroxyl groups is 1. The van der Waals surface area contributed by atoms with E-state index in [1.165, 1.54) is 4.90 Å². The van der Waals surface area contributed by atoms with Gasteiger partial charge in [0.05, 0.1) is 11.8 Å². The van der Waals surface area contributed by atoms with Gasteiger partial charge in [-0.1, -0.05) is 62.4 Å². The SMILES string of the molecule is CC(C)(C)OC(=O)N[C@H]1CCCCCCC[C@@H]2C[C@@]2(C(=O)NS(=O)(=O)C2CC2)NC(=O)[C@@H]2C[C@@](O)(c3ccccc3)CN2C1=O. The molecular weight excluding hydrogens is 600 g/mol. The second kappa shape index (κ2) is 12.5. The van der Waals surface area contributed by atoms with E-state index in [4.69, 9.17) is 4.74 Å². The van der Waals surface area contributed by atoms with Crippen molar-refractivity contribution in [2.24, 2.45) is 5.92 Å². The van der Waals surface area contributed by atoms with Crippen LogP contribution in [0.3, 0.4) is 0 Å². The van der Waals surface area contributed by atoms with E-state index in [2.05, 4.69) is 15.4 Å². The zero-order valence-corrected chi connectivity index (χ0v) is 27.2. The lowest BCUT2D eigenvalue weighted by Crippen LogP contribution is -2.58. The molecule has 1 aromatic carbocycles. The molecule has 0 aromatic heterocycles. The molecule has 2 saturated carbocycles. The number of hydrogen-bond donors (Lipinski definition) is 4. The Hall–Kier alpha value is -3.19. The summed E-state index contributed by atoms with van der Waals surface area (Å²) in [7, 11) is -3.85. The molecule has 5 rings (SSSR count). The summed E-state index contributed by atoms with van der Waals surface area (Å²) in [6.07, 6.45) is 5.33. The Kier molecular flexibility index (Phi) is 9.25. The van der Waals surface area contributed by atoms with Gasteiger partial charge in [0.25, 0.3) is 5.91 Å². The van der Waals surface area contributed by atoms with Crippen LogP contribution in [0.4, 0.5) is 4.79 Å². The largest absolute Gasteiger partial charge is 0.444 e. The third-order valence-electron chi connectivity index (χ3n) is 9.33. The summed E-state index contributed by atoms with van der Waals surface area (Å²) in [4.78, 5) is 56.0. The van der Waals surface area contributed by atoms with E-state index < -0.39 is 67.9 Å². The van der Waals surface area contributed by atoms with Crippen LogP contribution in [0.25, 0.3) is 0 Å². The standard InChI is InChI=1S/C32H46N4O8S/c1-30(2,3)44-29(40)33-24-15-11-6-4-5-8-14-22-18-32(22,28(39)35-45(42,43)23-16-17-23)34-26(37)25-19-31(41,20-36(25)27(24)38)21-12-9-7-10-13-21/h7,9-10,12-13,22-25,41H,4-6,8,11,14-20H2,1-3H3,(H,33,40)(H,34,37)(H,35,39)/t22-,24+,25+,31+,32-/m1/s1. The number of ether oxygens (including phenoxy) is 1. The quantitative estimate of drug-likeness (QED) is 0.378. The van der Waals surface area contributed by atoms with Gasteiger partial charge in [0, 0.05) is 6.42 Å². The average molecular weight is 647 g/mol. The van der Waals surface area contributed by atoms with Gasteiger partial charge in [0.2, 0.25) is 21.8 Å². The van der Waals surface area contributed by atoms with Crippen molar-refractivity contribution in [2.45, 2.75) is 125 Å². The molecule has 13 heteroatoms.